The number of esters is 1. The molecule has 3 rings (SSSR count). The van der Waals surface area contributed by atoms with Crippen LogP contribution in [0.1, 0.15) is 19.3 Å². The van der Waals surface area contributed by atoms with Gasteiger partial charge in [0.2, 0.25) is 0 Å². The van der Waals surface area contributed by atoms with Gasteiger partial charge in [-0.2, -0.15) is 0 Å². The van der Waals surface area contributed by atoms with Crippen molar-refractivity contribution < 1.29 is 14.3 Å². The van der Waals surface area contributed by atoms with Crippen molar-refractivity contribution in [2.24, 2.45) is 23.7 Å². The van der Waals surface area contributed by atoms with E-state index in [1.807, 2.05) is 0 Å². The Morgan fingerprint density at radius 2 is 2.25 bits per heavy atom. The van der Waals surface area contributed by atoms with E-state index in [0.29, 0.717) is 30.5 Å². The molecular weight excluding hydrogens is 220 g/mol. The van der Waals surface area contributed by atoms with Crippen LogP contribution in [-0.4, -0.2) is 35.5 Å². The molecule has 0 aromatic carbocycles. The lowest BCUT2D eigenvalue weighted by Gasteiger charge is -2.28. The van der Waals surface area contributed by atoms with Gasteiger partial charge < -0.3 is 9.47 Å². The molecule has 2 saturated carbocycles. The molecule has 16 heavy (non-hydrogen) atoms. The van der Waals surface area contributed by atoms with E-state index in [9.17, 15) is 4.79 Å². The Bertz CT molecular complexity index is 294. The van der Waals surface area contributed by atoms with Gasteiger partial charge in [0.1, 0.15) is 0 Å². The highest BCUT2D eigenvalue weighted by molar-refractivity contribution is 6.08. The third-order valence-corrected chi connectivity index (χ3v) is 5.33. The highest BCUT2D eigenvalue weighted by Gasteiger charge is 2.59. The van der Waals surface area contributed by atoms with E-state index in [2.05, 4.69) is 0 Å². The second-order valence-corrected chi connectivity index (χ2v) is 6.48. The van der Waals surface area contributed by atoms with Crippen molar-refractivity contribution in [2.75, 3.05) is 13.2 Å². The van der Waals surface area contributed by atoms with Crippen molar-refractivity contribution in [1.82, 2.24) is 0 Å². The number of carbonyl (C=O) groups is 1. The molecule has 90 valence electrons. The molecule has 3 fully saturated rings. The highest BCUT2D eigenvalue weighted by atomic mass is 28.1. The normalized spacial score (nSPS) is 45.0. The molecule has 0 amide bonds. The Balaban J connectivity index is 1.61. The van der Waals surface area contributed by atoms with Crippen LogP contribution in [0.15, 0.2) is 0 Å². The zero-order chi connectivity index (χ0) is 11.1. The van der Waals surface area contributed by atoms with E-state index in [4.69, 9.17) is 9.47 Å². The Hall–Kier alpha value is -0.353. The molecule has 3 nitrogen and oxygen atoms in total. The van der Waals surface area contributed by atoms with Crippen molar-refractivity contribution in [3.63, 3.8) is 0 Å². The minimum Gasteiger partial charge on any atom is -0.465 e. The average molecular weight is 240 g/mol. The summed E-state index contributed by atoms with van der Waals surface area (Å²) in [6, 6.07) is 1.33. The van der Waals surface area contributed by atoms with Crippen LogP contribution in [0.2, 0.25) is 6.04 Å². The quantitative estimate of drug-likeness (QED) is 0.405. The molecule has 3 aliphatic rings. The summed E-state index contributed by atoms with van der Waals surface area (Å²) in [6.07, 6.45) is 3.94. The van der Waals surface area contributed by atoms with Crippen LogP contribution in [0.5, 0.6) is 0 Å². The predicted octanol–water partition coefficient (Wildman–Crippen LogP) is 0.374. The lowest BCUT2D eigenvalue weighted by molar-refractivity contribution is -0.142. The van der Waals surface area contributed by atoms with Crippen molar-refractivity contribution in [1.29, 1.82) is 0 Å². The molecule has 0 N–H and O–H groups in total. The molecule has 5 unspecified atom stereocenters. The van der Waals surface area contributed by atoms with Crippen LogP contribution >= 0.6 is 0 Å². The highest BCUT2D eigenvalue weighted by Crippen LogP contribution is 2.55. The third kappa shape index (κ3) is 1.54. The molecule has 0 aromatic rings. The Morgan fingerprint density at radius 1 is 1.38 bits per heavy atom. The van der Waals surface area contributed by atoms with E-state index in [-0.39, 0.29) is 11.9 Å². The zero-order valence-electron chi connectivity index (χ0n) is 9.85. The van der Waals surface area contributed by atoms with Crippen molar-refractivity contribution >= 4 is 16.2 Å². The second-order valence-electron chi connectivity index (χ2n) is 5.48. The second kappa shape index (κ2) is 4.15. The van der Waals surface area contributed by atoms with Crippen LogP contribution in [0.25, 0.3) is 0 Å². The first kappa shape index (κ1) is 10.8. The van der Waals surface area contributed by atoms with Gasteiger partial charge in [-0.25, -0.2) is 0 Å². The molecule has 0 radical (unpaired) electrons. The minimum absolute atomic E-state index is 0.0653. The molecule has 2 aliphatic carbocycles. The zero-order valence-corrected chi connectivity index (χ0v) is 11.9. The predicted molar refractivity (Wildman–Crippen MR) is 63.3 cm³/mol. The maximum atomic E-state index is 11.6. The van der Waals surface area contributed by atoms with Crippen molar-refractivity contribution in [2.45, 2.75) is 31.4 Å². The van der Waals surface area contributed by atoms with Crippen LogP contribution in [-0.2, 0) is 14.3 Å². The topological polar surface area (TPSA) is 35.5 Å². The fourth-order valence-electron chi connectivity index (χ4n) is 3.87. The molecule has 1 saturated heterocycles. The Kier molecular flexibility index (Phi) is 2.79. The number of hydrogen-bond donors (Lipinski definition) is 0. The van der Waals surface area contributed by atoms with Crippen molar-refractivity contribution in [3.8, 4) is 0 Å². The Morgan fingerprint density at radius 3 is 3.06 bits per heavy atom. The maximum Gasteiger partial charge on any atom is 0.309 e. The molecule has 2 bridgehead atoms. The van der Waals surface area contributed by atoms with Gasteiger partial charge in [0.15, 0.2) is 0 Å². The van der Waals surface area contributed by atoms with Crippen LogP contribution in [0.4, 0.5) is 0 Å². The molecular formula is C12H20O3Si. The number of cyclic esters (lactones) is 1. The van der Waals surface area contributed by atoms with Gasteiger partial charge in [-0.1, -0.05) is 6.04 Å². The standard InChI is InChI=1S/C12H20O3Si/c13-12-11-7-4-8(9(11)6-15-12)10(5-7)14-2-1-3-16/h7-11H,1-6H2,16H3. The summed E-state index contributed by atoms with van der Waals surface area (Å²) in [5.74, 6) is 1.94. The van der Waals surface area contributed by atoms with Crippen LogP contribution in [0.3, 0.4) is 0 Å². The molecule has 1 heterocycles. The van der Waals surface area contributed by atoms with Gasteiger partial charge in [0.25, 0.3) is 0 Å². The van der Waals surface area contributed by atoms with Crippen LogP contribution < -0.4 is 0 Å². The summed E-state index contributed by atoms with van der Waals surface area (Å²) in [4.78, 5) is 11.6. The lowest BCUT2D eigenvalue weighted by atomic mass is 9.80. The first-order valence-electron chi connectivity index (χ1n) is 6.59. The van der Waals surface area contributed by atoms with E-state index in [0.717, 1.165) is 13.0 Å². The fraction of sp³-hybridized carbons (Fsp3) is 0.917. The number of rotatable bonds is 4. The van der Waals surface area contributed by atoms with E-state index in [1.165, 1.54) is 29.1 Å². The SMILES string of the molecule is O=C1OCC2C3CC(CC3OCCC[SiH3])C12. The number of ether oxygens (including phenoxy) is 2. The van der Waals surface area contributed by atoms with Gasteiger partial charge in [-0.05, 0) is 31.1 Å². The van der Waals surface area contributed by atoms with Crippen molar-refractivity contribution in [3.05, 3.63) is 0 Å². The molecule has 4 heteroatoms. The smallest absolute Gasteiger partial charge is 0.309 e. The number of fused-ring (bicyclic) bond motifs is 5. The van der Waals surface area contributed by atoms with E-state index >= 15 is 0 Å². The summed E-state index contributed by atoms with van der Waals surface area (Å²) < 4.78 is 11.2. The summed E-state index contributed by atoms with van der Waals surface area (Å²) in [6.45, 7) is 1.58. The first-order valence-corrected chi connectivity index (χ1v) is 8.01. The van der Waals surface area contributed by atoms with E-state index in [1.54, 1.807) is 0 Å². The van der Waals surface area contributed by atoms with Gasteiger partial charge >= 0.3 is 5.97 Å². The molecule has 0 aromatic heterocycles. The number of carbonyl (C=O) groups excluding carboxylic acids is 1. The van der Waals surface area contributed by atoms with Gasteiger partial charge in [0, 0.05) is 22.8 Å². The average Bonchev–Trinajstić information content (AvgIpc) is 2.91. The minimum atomic E-state index is 0.0653. The summed E-state index contributed by atoms with van der Waals surface area (Å²) in [7, 11) is 1.28. The Labute approximate surface area is 99.3 Å². The summed E-state index contributed by atoms with van der Waals surface area (Å²) in [5, 5.41) is 0. The fourth-order valence-corrected chi connectivity index (χ4v) is 4.16. The molecule has 1 aliphatic heterocycles. The summed E-state index contributed by atoms with van der Waals surface area (Å²) >= 11 is 0. The lowest BCUT2D eigenvalue weighted by Crippen LogP contribution is -2.33. The maximum absolute atomic E-state index is 11.6. The van der Waals surface area contributed by atoms with Crippen LogP contribution in [0, 0.1) is 23.7 Å². The van der Waals surface area contributed by atoms with Gasteiger partial charge in [-0.3, -0.25) is 4.79 Å². The van der Waals surface area contributed by atoms with E-state index < -0.39 is 0 Å². The third-order valence-electron chi connectivity index (χ3n) is 4.63. The first-order chi connectivity index (χ1) is 7.81. The van der Waals surface area contributed by atoms with Gasteiger partial charge in [0.05, 0.1) is 18.6 Å². The summed E-state index contributed by atoms with van der Waals surface area (Å²) in [5.41, 5.74) is 0. The molecule has 5 atom stereocenters. The monoisotopic (exact) mass is 240 g/mol. The largest absolute Gasteiger partial charge is 0.465 e. The molecule has 0 spiro atoms. The number of hydrogen-bond acceptors (Lipinski definition) is 3. The van der Waals surface area contributed by atoms with Gasteiger partial charge in [-0.15, -0.1) is 0 Å².